The molecule has 1 aliphatic heterocycles. The lowest BCUT2D eigenvalue weighted by Gasteiger charge is -2.33. The standard InChI is InChI=1S/C15H23N3O4S/c1-4-17-7-9-18(10-8-17)23(20,21)12-5-6-14(22-3)13(11-12)15(19)16-2/h5-6,11H,4,7-10H2,1-3H3,(H,16,19). The fourth-order valence-electron chi connectivity index (χ4n) is 2.59. The number of rotatable bonds is 5. The van der Waals surface area contributed by atoms with Gasteiger partial charge in [-0.25, -0.2) is 8.42 Å². The summed E-state index contributed by atoms with van der Waals surface area (Å²) in [5.74, 6) is -0.0335. The van der Waals surface area contributed by atoms with Crippen molar-refractivity contribution in [3.8, 4) is 5.75 Å². The molecule has 1 aromatic carbocycles. The second-order valence-corrected chi connectivity index (χ2v) is 7.22. The van der Waals surface area contributed by atoms with Gasteiger partial charge >= 0.3 is 0 Å². The Hall–Kier alpha value is -1.64. The van der Waals surface area contributed by atoms with Crippen LogP contribution in [0.1, 0.15) is 17.3 Å². The molecule has 23 heavy (non-hydrogen) atoms. The summed E-state index contributed by atoms with van der Waals surface area (Å²) < 4.78 is 32.2. The lowest BCUT2D eigenvalue weighted by Crippen LogP contribution is -2.48. The van der Waals surface area contributed by atoms with E-state index in [1.54, 1.807) is 0 Å². The first-order valence-electron chi connectivity index (χ1n) is 7.56. The van der Waals surface area contributed by atoms with Crippen molar-refractivity contribution < 1.29 is 17.9 Å². The van der Waals surface area contributed by atoms with Crippen molar-refractivity contribution in [2.24, 2.45) is 0 Å². The molecule has 1 aliphatic rings. The number of nitrogens with one attached hydrogen (secondary N) is 1. The molecular formula is C15H23N3O4S. The summed E-state index contributed by atoms with van der Waals surface area (Å²) in [5.41, 5.74) is 0.211. The number of nitrogens with zero attached hydrogens (tertiary/aromatic N) is 2. The first kappa shape index (κ1) is 17.7. The Balaban J connectivity index is 2.31. The second kappa shape index (κ2) is 7.29. The summed E-state index contributed by atoms with van der Waals surface area (Å²) in [4.78, 5) is 14.2. The smallest absolute Gasteiger partial charge is 0.254 e. The molecule has 0 radical (unpaired) electrons. The Morgan fingerprint density at radius 2 is 1.91 bits per heavy atom. The summed E-state index contributed by atoms with van der Waals surface area (Å²) in [6.07, 6.45) is 0. The number of ether oxygens (including phenoxy) is 1. The Bertz CT molecular complexity index is 667. The van der Waals surface area contributed by atoms with Gasteiger partial charge < -0.3 is 15.0 Å². The fraction of sp³-hybridized carbons (Fsp3) is 0.533. The molecule has 0 aliphatic carbocycles. The van der Waals surface area contributed by atoms with Crippen LogP contribution >= 0.6 is 0 Å². The van der Waals surface area contributed by atoms with Crippen LogP contribution in [0.3, 0.4) is 0 Å². The Kier molecular flexibility index (Phi) is 5.61. The monoisotopic (exact) mass is 341 g/mol. The Morgan fingerprint density at radius 3 is 2.43 bits per heavy atom. The average Bonchev–Trinajstić information content (AvgIpc) is 2.60. The van der Waals surface area contributed by atoms with Crippen LogP contribution < -0.4 is 10.1 Å². The van der Waals surface area contributed by atoms with E-state index in [1.807, 2.05) is 0 Å². The first-order chi connectivity index (χ1) is 10.9. The predicted molar refractivity (Wildman–Crippen MR) is 87.3 cm³/mol. The van der Waals surface area contributed by atoms with E-state index in [1.165, 1.54) is 36.7 Å². The lowest BCUT2D eigenvalue weighted by molar-refractivity contribution is 0.0960. The molecule has 0 unspecified atom stereocenters. The summed E-state index contributed by atoms with van der Waals surface area (Å²) in [7, 11) is -0.674. The second-order valence-electron chi connectivity index (χ2n) is 5.28. The van der Waals surface area contributed by atoms with E-state index in [0.29, 0.717) is 31.9 Å². The first-order valence-corrected chi connectivity index (χ1v) is 9.00. The van der Waals surface area contributed by atoms with Crippen LogP contribution in [0.15, 0.2) is 23.1 Å². The number of carbonyl (C=O) groups is 1. The molecule has 1 N–H and O–H groups in total. The van der Waals surface area contributed by atoms with Gasteiger partial charge in [0, 0.05) is 33.2 Å². The van der Waals surface area contributed by atoms with Gasteiger partial charge in [0.1, 0.15) is 5.75 Å². The molecule has 7 nitrogen and oxygen atoms in total. The van der Waals surface area contributed by atoms with Gasteiger partial charge in [-0.2, -0.15) is 4.31 Å². The zero-order valence-corrected chi connectivity index (χ0v) is 14.5. The van der Waals surface area contributed by atoms with E-state index in [2.05, 4.69) is 17.1 Å². The number of piperazine rings is 1. The zero-order valence-electron chi connectivity index (χ0n) is 13.7. The van der Waals surface area contributed by atoms with E-state index >= 15 is 0 Å². The van der Waals surface area contributed by atoms with Crippen molar-refractivity contribution in [1.29, 1.82) is 0 Å². The van der Waals surface area contributed by atoms with Crippen LogP contribution in [0.2, 0.25) is 0 Å². The van der Waals surface area contributed by atoms with Crippen LogP contribution in [-0.4, -0.2) is 70.4 Å². The van der Waals surface area contributed by atoms with E-state index in [4.69, 9.17) is 4.74 Å². The minimum atomic E-state index is -3.61. The molecule has 2 rings (SSSR count). The van der Waals surface area contributed by atoms with E-state index in [-0.39, 0.29) is 16.4 Å². The number of hydrogen-bond acceptors (Lipinski definition) is 5. The van der Waals surface area contributed by atoms with Crippen molar-refractivity contribution >= 4 is 15.9 Å². The molecular weight excluding hydrogens is 318 g/mol. The molecule has 1 heterocycles. The fourth-order valence-corrected chi connectivity index (χ4v) is 4.04. The highest BCUT2D eigenvalue weighted by Gasteiger charge is 2.29. The zero-order chi connectivity index (χ0) is 17.0. The minimum Gasteiger partial charge on any atom is -0.496 e. The molecule has 0 bridgehead atoms. The van der Waals surface area contributed by atoms with Gasteiger partial charge in [-0.05, 0) is 24.7 Å². The van der Waals surface area contributed by atoms with Gasteiger partial charge in [0.05, 0.1) is 17.6 Å². The highest BCUT2D eigenvalue weighted by Crippen LogP contribution is 2.25. The van der Waals surface area contributed by atoms with Crippen molar-refractivity contribution in [3.05, 3.63) is 23.8 Å². The highest BCUT2D eigenvalue weighted by molar-refractivity contribution is 7.89. The van der Waals surface area contributed by atoms with Crippen LogP contribution in [0.5, 0.6) is 5.75 Å². The number of carbonyl (C=O) groups excluding carboxylic acids is 1. The van der Waals surface area contributed by atoms with Gasteiger partial charge in [-0.3, -0.25) is 4.79 Å². The van der Waals surface area contributed by atoms with Crippen LogP contribution in [0.4, 0.5) is 0 Å². The van der Waals surface area contributed by atoms with Crippen LogP contribution in [0, 0.1) is 0 Å². The third kappa shape index (κ3) is 3.65. The summed E-state index contributed by atoms with van der Waals surface area (Å²) in [6, 6.07) is 4.37. The Labute approximate surface area is 137 Å². The van der Waals surface area contributed by atoms with Gasteiger partial charge in [-0.15, -0.1) is 0 Å². The molecule has 0 saturated carbocycles. The van der Waals surface area contributed by atoms with E-state index in [0.717, 1.165) is 6.54 Å². The maximum atomic E-state index is 12.8. The van der Waals surface area contributed by atoms with Crippen LogP contribution in [0.25, 0.3) is 0 Å². The number of likely N-dealkylation sites (N-methyl/N-ethyl adjacent to an activating group) is 1. The number of sulfonamides is 1. The third-order valence-corrected chi connectivity index (χ3v) is 5.95. The molecule has 0 atom stereocenters. The normalized spacial score (nSPS) is 17.0. The largest absolute Gasteiger partial charge is 0.496 e. The quantitative estimate of drug-likeness (QED) is 0.838. The molecule has 1 fully saturated rings. The maximum absolute atomic E-state index is 12.8. The number of amides is 1. The molecule has 1 aromatic rings. The lowest BCUT2D eigenvalue weighted by atomic mass is 10.2. The van der Waals surface area contributed by atoms with E-state index in [9.17, 15) is 13.2 Å². The number of benzene rings is 1. The van der Waals surface area contributed by atoms with Crippen molar-refractivity contribution in [2.45, 2.75) is 11.8 Å². The van der Waals surface area contributed by atoms with Crippen molar-refractivity contribution in [3.63, 3.8) is 0 Å². The van der Waals surface area contributed by atoms with Gasteiger partial charge in [0.15, 0.2) is 0 Å². The topological polar surface area (TPSA) is 79.0 Å². The molecule has 0 spiro atoms. The van der Waals surface area contributed by atoms with Gasteiger partial charge in [0.2, 0.25) is 10.0 Å². The number of methoxy groups -OCH3 is 1. The average molecular weight is 341 g/mol. The van der Waals surface area contributed by atoms with Crippen molar-refractivity contribution in [2.75, 3.05) is 46.9 Å². The Morgan fingerprint density at radius 1 is 1.26 bits per heavy atom. The predicted octanol–water partition coefficient (Wildman–Crippen LogP) is 0.381. The highest BCUT2D eigenvalue weighted by atomic mass is 32.2. The molecule has 128 valence electrons. The van der Waals surface area contributed by atoms with Crippen LogP contribution in [-0.2, 0) is 10.0 Å². The van der Waals surface area contributed by atoms with E-state index < -0.39 is 10.0 Å². The van der Waals surface area contributed by atoms with Crippen molar-refractivity contribution in [1.82, 2.24) is 14.5 Å². The SMILES string of the molecule is CCN1CCN(S(=O)(=O)c2ccc(OC)c(C(=O)NC)c2)CC1. The van der Waals surface area contributed by atoms with Gasteiger partial charge in [0.25, 0.3) is 5.91 Å². The molecule has 0 aromatic heterocycles. The maximum Gasteiger partial charge on any atom is 0.254 e. The van der Waals surface area contributed by atoms with Gasteiger partial charge in [-0.1, -0.05) is 6.92 Å². The molecule has 8 heteroatoms. The minimum absolute atomic E-state index is 0.113. The summed E-state index contributed by atoms with van der Waals surface area (Å²) in [5, 5.41) is 2.49. The summed E-state index contributed by atoms with van der Waals surface area (Å²) in [6.45, 7) is 5.32. The third-order valence-electron chi connectivity index (χ3n) is 4.06. The summed E-state index contributed by atoms with van der Waals surface area (Å²) >= 11 is 0. The molecule has 1 saturated heterocycles. The molecule has 1 amide bonds. The number of hydrogen-bond donors (Lipinski definition) is 1.